The van der Waals surface area contributed by atoms with Crippen LogP contribution in [-0.4, -0.2) is 31.1 Å². The zero-order valence-electron chi connectivity index (χ0n) is 12.9. The van der Waals surface area contributed by atoms with Crippen molar-refractivity contribution < 1.29 is 0 Å². The van der Waals surface area contributed by atoms with Crippen molar-refractivity contribution in [2.24, 2.45) is 11.3 Å². The Kier molecular flexibility index (Phi) is 4.13. The third-order valence-electron chi connectivity index (χ3n) is 5.34. The lowest BCUT2D eigenvalue weighted by atomic mass is 9.91. The van der Waals surface area contributed by atoms with Gasteiger partial charge in [0.15, 0.2) is 0 Å². The van der Waals surface area contributed by atoms with Gasteiger partial charge in [0, 0.05) is 19.1 Å². The Bertz CT molecular complexity index is 422. The Morgan fingerprint density at radius 3 is 2.65 bits per heavy atom. The zero-order chi connectivity index (χ0) is 14.0. The summed E-state index contributed by atoms with van der Waals surface area (Å²) in [7, 11) is 0. The first kappa shape index (κ1) is 14.1. The van der Waals surface area contributed by atoms with Gasteiger partial charge in [-0.3, -0.25) is 0 Å². The van der Waals surface area contributed by atoms with E-state index in [1.54, 1.807) is 0 Å². The van der Waals surface area contributed by atoms with Gasteiger partial charge >= 0.3 is 0 Å². The molecule has 1 heterocycles. The molecule has 1 N–H and O–H groups in total. The van der Waals surface area contributed by atoms with Crippen LogP contribution in [0, 0.1) is 11.3 Å². The Labute approximate surface area is 123 Å². The van der Waals surface area contributed by atoms with Crippen molar-refractivity contribution in [2.45, 2.75) is 39.2 Å². The molecule has 1 aliphatic carbocycles. The molecule has 1 aromatic rings. The third kappa shape index (κ3) is 3.07. The molecule has 110 valence electrons. The van der Waals surface area contributed by atoms with Gasteiger partial charge in [-0.2, -0.15) is 0 Å². The molecule has 2 heteroatoms. The minimum Gasteiger partial charge on any atom is -0.309 e. The topological polar surface area (TPSA) is 15.3 Å². The van der Waals surface area contributed by atoms with E-state index in [0.717, 1.165) is 12.5 Å². The summed E-state index contributed by atoms with van der Waals surface area (Å²) in [6.07, 6.45) is 4.15. The summed E-state index contributed by atoms with van der Waals surface area (Å²) in [5.74, 6) is 0.828. The Morgan fingerprint density at radius 1 is 1.25 bits per heavy atom. The van der Waals surface area contributed by atoms with E-state index < -0.39 is 0 Å². The van der Waals surface area contributed by atoms with E-state index in [1.165, 1.54) is 44.5 Å². The molecule has 0 radical (unpaired) electrons. The van der Waals surface area contributed by atoms with Crippen molar-refractivity contribution in [3.63, 3.8) is 0 Å². The smallest absolute Gasteiger partial charge is 0.0449 e. The van der Waals surface area contributed by atoms with Crippen LogP contribution in [0.15, 0.2) is 30.3 Å². The standard InChI is InChI=1S/C18H28N2/c1-15(2)18(9-10-18)14-20-12-6-11-19-17(13-20)16-7-4-3-5-8-16/h3-5,7-8,15,17,19H,6,9-14H2,1-2H3. The molecule has 2 nitrogen and oxygen atoms in total. The number of hydrogen-bond donors (Lipinski definition) is 1. The molecule has 2 aliphatic rings. The molecular formula is C18H28N2. The minimum atomic E-state index is 0.502. The molecule has 0 bridgehead atoms. The summed E-state index contributed by atoms with van der Waals surface area (Å²) >= 11 is 0. The largest absolute Gasteiger partial charge is 0.309 e. The summed E-state index contributed by atoms with van der Waals surface area (Å²) in [6.45, 7) is 9.67. The van der Waals surface area contributed by atoms with E-state index in [1.807, 2.05) is 0 Å². The van der Waals surface area contributed by atoms with Crippen molar-refractivity contribution in [2.75, 3.05) is 26.2 Å². The molecule has 0 amide bonds. The minimum absolute atomic E-state index is 0.502. The van der Waals surface area contributed by atoms with Crippen LogP contribution in [0.25, 0.3) is 0 Å². The second-order valence-corrected chi connectivity index (χ2v) is 7.02. The molecule has 3 rings (SSSR count). The summed E-state index contributed by atoms with van der Waals surface area (Å²) in [5.41, 5.74) is 2.07. The predicted octanol–water partition coefficient (Wildman–Crippen LogP) is 3.46. The summed E-state index contributed by atoms with van der Waals surface area (Å²) in [4.78, 5) is 2.71. The average Bonchev–Trinajstić information content (AvgIpc) is 3.25. The van der Waals surface area contributed by atoms with E-state index >= 15 is 0 Å². The van der Waals surface area contributed by atoms with Crippen molar-refractivity contribution in [1.82, 2.24) is 10.2 Å². The van der Waals surface area contributed by atoms with E-state index in [0.29, 0.717) is 11.5 Å². The lowest BCUT2D eigenvalue weighted by Gasteiger charge is -2.30. The van der Waals surface area contributed by atoms with Crippen LogP contribution >= 0.6 is 0 Å². The highest BCUT2D eigenvalue weighted by Crippen LogP contribution is 2.52. The second kappa shape index (κ2) is 5.87. The highest BCUT2D eigenvalue weighted by atomic mass is 15.2. The highest BCUT2D eigenvalue weighted by Gasteiger charge is 2.46. The fourth-order valence-electron chi connectivity index (χ4n) is 3.57. The van der Waals surface area contributed by atoms with Gasteiger partial charge in [-0.05, 0) is 49.2 Å². The van der Waals surface area contributed by atoms with Crippen LogP contribution in [0.4, 0.5) is 0 Å². The molecule has 0 aromatic heterocycles. The van der Waals surface area contributed by atoms with Crippen LogP contribution in [0.5, 0.6) is 0 Å². The van der Waals surface area contributed by atoms with Gasteiger partial charge in [-0.1, -0.05) is 44.2 Å². The maximum Gasteiger partial charge on any atom is 0.0449 e. The fraction of sp³-hybridized carbons (Fsp3) is 0.667. The third-order valence-corrected chi connectivity index (χ3v) is 5.34. The summed E-state index contributed by atoms with van der Waals surface area (Å²) in [5, 5.41) is 3.72. The summed E-state index contributed by atoms with van der Waals surface area (Å²) in [6, 6.07) is 11.4. The van der Waals surface area contributed by atoms with Gasteiger partial charge in [-0.25, -0.2) is 0 Å². The zero-order valence-corrected chi connectivity index (χ0v) is 12.9. The normalized spacial score (nSPS) is 26.4. The first-order valence-corrected chi connectivity index (χ1v) is 8.20. The fourth-order valence-corrected chi connectivity index (χ4v) is 3.57. The number of hydrogen-bond acceptors (Lipinski definition) is 2. The Balaban J connectivity index is 1.67. The van der Waals surface area contributed by atoms with E-state index in [9.17, 15) is 0 Å². The van der Waals surface area contributed by atoms with Gasteiger partial charge in [0.05, 0.1) is 0 Å². The molecular weight excluding hydrogens is 244 g/mol. The van der Waals surface area contributed by atoms with Crippen LogP contribution in [0.3, 0.4) is 0 Å². The molecule has 2 fully saturated rings. The Morgan fingerprint density at radius 2 is 2.00 bits per heavy atom. The molecule has 20 heavy (non-hydrogen) atoms. The number of nitrogens with zero attached hydrogens (tertiary/aromatic N) is 1. The van der Waals surface area contributed by atoms with Crippen LogP contribution in [-0.2, 0) is 0 Å². The number of rotatable bonds is 4. The monoisotopic (exact) mass is 272 g/mol. The summed E-state index contributed by atoms with van der Waals surface area (Å²) < 4.78 is 0. The molecule has 1 saturated carbocycles. The van der Waals surface area contributed by atoms with Gasteiger partial charge in [-0.15, -0.1) is 0 Å². The second-order valence-electron chi connectivity index (χ2n) is 7.02. The molecule has 1 aliphatic heterocycles. The maximum atomic E-state index is 3.72. The van der Waals surface area contributed by atoms with Crippen LogP contribution in [0.2, 0.25) is 0 Å². The first-order chi connectivity index (χ1) is 9.70. The molecule has 0 spiro atoms. The van der Waals surface area contributed by atoms with Gasteiger partial charge in [0.2, 0.25) is 0 Å². The van der Waals surface area contributed by atoms with Crippen molar-refractivity contribution >= 4 is 0 Å². The van der Waals surface area contributed by atoms with Gasteiger partial charge in [0.1, 0.15) is 0 Å². The van der Waals surface area contributed by atoms with E-state index in [-0.39, 0.29) is 0 Å². The number of benzene rings is 1. The quantitative estimate of drug-likeness (QED) is 0.903. The van der Waals surface area contributed by atoms with Crippen molar-refractivity contribution in [3.8, 4) is 0 Å². The van der Waals surface area contributed by atoms with Gasteiger partial charge < -0.3 is 10.2 Å². The lowest BCUT2D eigenvalue weighted by Crippen LogP contribution is -2.37. The maximum absolute atomic E-state index is 3.72. The lowest BCUT2D eigenvalue weighted by molar-refractivity contribution is 0.183. The van der Waals surface area contributed by atoms with Gasteiger partial charge in [0.25, 0.3) is 0 Å². The Hall–Kier alpha value is -0.860. The van der Waals surface area contributed by atoms with Crippen molar-refractivity contribution in [3.05, 3.63) is 35.9 Å². The molecule has 1 unspecified atom stereocenters. The SMILES string of the molecule is CC(C)C1(CN2CCCNC(c3ccccc3)C2)CC1. The van der Waals surface area contributed by atoms with Crippen molar-refractivity contribution in [1.29, 1.82) is 0 Å². The first-order valence-electron chi connectivity index (χ1n) is 8.20. The average molecular weight is 272 g/mol. The molecule has 1 aromatic carbocycles. The van der Waals surface area contributed by atoms with Crippen LogP contribution < -0.4 is 5.32 Å². The molecule has 1 atom stereocenters. The van der Waals surface area contributed by atoms with Crippen LogP contribution in [0.1, 0.15) is 44.7 Å². The predicted molar refractivity (Wildman–Crippen MR) is 84.7 cm³/mol. The molecule has 1 saturated heterocycles. The number of nitrogens with one attached hydrogen (secondary N) is 1. The van der Waals surface area contributed by atoms with E-state index in [2.05, 4.69) is 54.4 Å². The van der Waals surface area contributed by atoms with E-state index in [4.69, 9.17) is 0 Å². The highest BCUT2D eigenvalue weighted by molar-refractivity contribution is 5.19.